The van der Waals surface area contributed by atoms with Gasteiger partial charge in [0.1, 0.15) is 0 Å². The maximum Gasteiger partial charge on any atom is 0.272 e. The molecule has 0 aliphatic heterocycles. The summed E-state index contributed by atoms with van der Waals surface area (Å²) in [6.45, 7) is 6.31. The van der Waals surface area contributed by atoms with Gasteiger partial charge in [-0.15, -0.1) is 10.2 Å². The van der Waals surface area contributed by atoms with Crippen molar-refractivity contribution in [2.45, 2.75) is 25.1 Å². The van der Waals surface area contributed by atoms with Crippen molar-refractivity contribution in [1.29, 1.82) is 0 Å². The molecule has 92 valence electrons. The van der Waals surface area contributed by atoms with Crippen LogP contribution < -0.4 is 5.73 Å². The summed E-state index contributed by atoms with van der Waals surface area (Å²) >= 11 is 0.875. The van der Waals surface area contributed by atoms with Crippen LogP contribution in [0.2, 0.25) is 0 Å². The minimum atomic E-state index is -3.55. The molecule has 0 saturated heterocycles. The summed E-state index contributed by atoms with van der Waals surface area (Å²) < 4.78 is 25.2. The molecular formula is C8H16N4O2S2. The van der Waals surface area contributed by atoms with Gasteiger partial charge in [0.25, 0.3) is 10.0 Å². The van der Waals surface area contributed by atoms with Gasteiger partial charge in [0.2, 0.25) is 9.47 Å². The summed E-state index contributed by atoms with van der Waals surface area (Å²) in [5.74, 6) is 0. The quantitative estimate of drug-likeness (QED) is 0.871. The molecule has 0 aromatic carbocycles. The van der Waals surface area contributed by atoms with E-state index in [1.54, 1.807) is 0 Å². The zero-order valence-corrected chi connectivity index (χ0v) is 11.4. The summed E-state index contributed by atoms with van der Waals surface area (Å²) in [5, 5.41) is 7.21. The van der Waals surface area contributed by atoms with Crippen LogP contribution in [0.25, 0.3) is 0 Å². The standard InChI is InChI=1S/C8H16N4O2S2/c1-8(2,3)5-12(4)16(13,14)7-11-10-6(9)15-7/h5H2,1-4H3,(H2,9,10). The summed E-state index contributed by atoms with van der Waals surface area (Å²) in [6.07, 6.45) is 0. The Balaban J connectivity index is 2.95. The fraction of sp³-hybridized carbons (Fsp3) is 0.750. The first kappa shape index (κ1) is 13.3. The Kier molecular flexibility index (Phi) is 3.56. The van der Waals surface area contributed by atoms with Gasteiger partial charge < -0.3 is 5.73 Å². The zero-order valence-electron chi connectivity index (χ0n) is 9.76. The minimum absolute atomic E-state index is 0.0586. The van der Waals surface area contributed by atoms with E-state index in [1.807, 2.05) is 20.8 Å². The van der Waals surface area contributed by atoms with Crippen molar-refractivity contribution in [3.8, 4) is 0 Å². The van der Waals surface area contributed by atoms with Gasteiger partial charge in [-0.1, -0.05) is 32.1 Å². The van der Waals surface area contributed by atoms with Crippen molar-refractivity contribution in [3.63, 3.8) is 0 Å². The van der Waals surface area contributed by atoms with E-state index in [1.165, 1.54) is 11.4 Å². The first-order valence-corrected chi connectivity index (χ1v) is 6.94. The highest BCUT2D eigenvalue weighted by molar-refractivity contribution is 7.91. The normalized spacial score (nSPS) is 13.3. The van der Waals surface area contributed by atoms with Crippen LogP contribution >= 0.6 is 11.3 Å². The SMILES string of the molecule is CN(CC(C)(C)C)S(=O)(=O)c1nnc(N)s1. The van der Waals surface area contributed by atoms with Gasteiger partial charge in [-0.2, -0.15) is 4.31 Å². The van der Waals surface area contributed by atoms with Crippen LogP contribution in [0.15, 0.2) is 4.34 Å². The van der Waals surface area contributed by atoms with E-state index in [4.69, 9.17) is 5.73 Å². The van der Waals surface area contributed by atoms with Crippen molar-refractivity contribution in [1.82, 2.24) is 14.5 Å². The summed E-state index contributed by atoms with van der Waals surface area (Å²) in [7, 11) is -2.03. The molecule has 16 heavy (non-hydrogen) atoms. The number of nitrogens with two attached hydrogens (primary N) is 1. The van der Waals surface area contributed by atoms with Crippen LogP contribution in [0.1, 0.15) is 20.8 Å². The number of anilines is 1. The van der Waals surface area contributed by atoms with Crippen molar-refractivity contribution in [2.24, 2.45) is 5.41 Å². The molecule has 0 radical (unpaired) electrons. The molecule has 1 heterocycles. The maximum atomic E-state index is 12.0. The minimum Gasteiger partial charge on any atom is -0.374 e. The van der Waals surface area contributed by atoms with Crippen molar-refractivity contribution in [2.75, 3.05) is 19.3 Å². The predicted octanol–water partition coefficient (Wildman–Crippen LogP) is 0.787. The Bertz CT molecular complexity index is 461. The molecule has 0 spiro atoms. The molecule has 0 fully saturated rings. The Morgan fingerprint density at radius 2 is 1.94 bits per heavy atom. The monoisotopic (exact) mass is 264 g/mol. The molecule has 0 unspecified atom stereocenters. The van der Waals surface area contributed by atoms with E-state index in [0.29, 0.717) is 6.54 Å². The molecule has 0 bridgehead atoms. The molecule has 0 atom stereocenters. The van der Waals surface area contributed by atoms with Gasteiger partial charge in [-0.3, -0.25) is 0 Å². The highest BCUT2D eigenvalue weighted by Gasteiger charge is 2.28. The van der Waals surface area contributed by atoms with Crippen molar-refractivity contribution in [3.05, 3.63) is 0 Å². The van der Waals surface area contributed by atoms with Crippen LogP contribution in [0.4, 0.5) is 5.13 Å². The van der Waals surface area contributed by atoms with Gasteiger partial charge in [-0.25, -0.2) is 8.42 Å². The molecule has 6 nitrogen and oxygen atoms in total. The molecule has 0 amide bonds. The van der Waals surface area contributed by atoms with Crippen molar-refractivity contribution < 1.29 is 8.42 Å². The number of nitrogen functional groups attached to an aromatic ring is 1. The molecule has 1 rings (SSSR count). The second-order valence-electron chi connectivity index (χ2n) is 4.73. The lowest BCUT2D eigenvalue weighted by Gasteiger charge is -2.24. The number of hydrogen-bond donors (Lipinski definition) is 1. The average molecular weight is 264 g/mol. The molecule has 1 aromatic heterocycles. The van der Waals surface area contributed by atoms with E-state index in [9.17, 15) is 8.42 Å². The second kappa shape index (κ2) is 4.27. The molecule has 0 aliphatic carbocycles. The first-order valence-electron chi connectivity index (χ1n) is 4.68. The summed E-state index contributed by atoms with van der Waals surface area (Å²) in [5.41, 5.74) is 5.25. The molecule has 0 aliphatic rings. The van der Waals surface area contributed by atoms with Crippen LogP contribution in [0.3, 0.4) is 0 Å². The van der Waals surface area contributed by atoms with Crippen molar-refractivity contribution >= 4 is 26.5 Å². The molecule has 8 heteroatoms. The Morgan fingerprint density at radius 1 is 1.38 bits per heavy atom. The number of rotatable bonds is 3. The van der Waals surface area contributed by atoms with Gasteiger partial charge in [0.15, 0.2) is 0 Å². The fourth-order valence-electron chi connectivity index (χ4n) is 1.21. The van der Waals surface area contributed by atoms with E-state index in [-0.39, 0.29) is 14.9 Å². The Morgan fingerprint density at radius 3 is 2.31 bits per heavy atom. The fourth-order valence-corrected chi connectivity index (χ4v) is 3.58. The lowest BCUT2D eigenvalue weighted by Crippen LogP contribution is -2.34. The largest absolute Gasteiger partial charge is 0.374 e. The van der Waals surface area contributed by atoms with Gasteiger partial charge in [0.05, 0.1) is 0 Å². The van der Waals surface area contributed by atoms with E-state index in [2.05, 4.69) is 10.2 Å². The van der Waals surface area contributed by atoms with Gasteiger partial charge in [0, 0.05) is 13.6 Å². The van der Waals surface area contributed by atoms with Gasteiger partial charge >= 0.3 is 0 Å². The molecule has 1 aromatic rings. The second-order valence-corrected chi connectivity index (χ2v) is 7.96. The number of nitrogens with zero attached hydrogens (tertiary/aromatic N) is 3. The third kappa shape index (κ3) is 3.13. The number of sulfonamides is 1. The lowest BCUT2D eigenvalue weighted by atomic mass is 9.97. The first-order chi connectivity index (χ1) is 7.13. The van der Waals surface area contributed by atoms with E-state index in [0.717, 1.165) is 11.3 Å². The number of aromatic nitrogens is 2. The summed E-state index contributed by atoms with van der Waals surface area (Å²) in [6, 6.07) is 0. The lowest BCUT2D eigenvalue weighted by molar-refractivity contribution is 0.310. The zero-order chi connectivity index (χ0) is 12.6. The van der Waals surface area contributed by atoms with Gasteiger partial charge in [-0.05, 0) is 5.41 Å². The third-order valence-corrected chi connectivity index (χ3v) is 4.65. The van der Waals surface area contributed by atoms with Crippen LogP contribution in [-0.2, 0) is 10.0 Å². The van der Waals surface area contributed by atoms with Crippen LogP contribution in [0.5, 0.6) is 0 Å². The average Bonchev–Trinajstić information content (AvgIpc) is 2.48. The van der Waals surface area contributed by atoms with E-state index < -0.39 is 10.0 Å². The highest BCUT2D eigenvalue weighted by atomic mass is 32.2. The number of hydrogen-bond acceptors (Lipinski definition) is 6. The van der Waals surface area contributed by atoms with Crippen LogP contribution in [0, 0.1) is 5.41 Å². The molecular weight excluding hydrogens is 248 g/mol. The summed E-state index contributed by atoms with van der Waals surface area (Å²) in [4.78, 5) is 0. The highest BCUT2D eigenvalue weighted by Crippen LogP contribution is 2.23. The van der Waals surface area contributed by atoms with Crippen LogP contribution in [-0.4, -0.2) is 36.5 Å². The maximum absolute atomic E-state index is 12.0. The predicted molar refractivity (Wildman–Crippen MR) is 63.6 cm³/mol. The molecule has 0 saturated carbocycles. The smallest absolute Gasteiger partial charge is 0.272 e. The Labute approximate surface area is 99.5 Å². The third-order valence-electron chi connectivity index (χ3n) is 1.75. The van der Waals surface area contributed by atoms with E-state index >= 15 is 0 Å². The Hall–Kier alpha value is -0.730. The molecule has 2 N–H and O–H groups in total. The topological polar surface area (TPSA) is 89.2 Å².